The van der Waals surface area contributed by atoms with Crippen molar-refractivity contribution < 1.29 is 9.53 Å². The second kappa shape index (κ2) is 6.39. The van der Waals surface area contributed by atoms with E-state index in [2.05, 4.69) is 18.3 Å². The van der Waals surface area contributed by atoms with E-state index in [0.29, 0.717) is 13.1 Å². The minimum absolute atomic E-state index is 0.0160. The van der Waals surface area contributed by atoms with Crippen molar-refractivity contribution in [2.24, 2.45) is 0 Å². The Morgan fingerprint density at radius 1 is 1.53 bits per heavy atom. The van der Waals surface area contributed by atoms with Gasteiger partial charge in [0.2, 0.25) is 0 Å². The van der Waals surface area contributed by atoms with E-state index >= 15 is 0 Å². The first-order chi connectivity index (χ1) is 9.10. The number of hydrogen-bond acceptors (Lipinski definition) is 3. The first-order valence-electron chi connectivity index (χ1n) is 6.84. The maximum absolute atomic E-state index is 12.3. The number of nitrogens with zero attached hydrogens (tertiary/aromatic N) is 1. The Hall–Kier alpha value is -1.07. The van der Waals surface area contributed by atoms with Crippen LogP contribution in [0.1, 0.15) is 38.1 Å². The summed E-state index contributed by atoms with van der Waals surface area (Å²) in [5, 5.41) is 5.17. The lowest BCUT2D eigenvalue weighted by Crippen LogP contribution is -2.52. The molecule has 4 nitrogen and oxygen atoms in total. The highest BCUT2D eigenvalue weighted by molar-refractivity contribution is 7.10. The van der Waals surface area contributed by atoms with Crippen LogP contribution in [-0.2, 0) is 4.74 Å². The summed E-state index contributed by atoms with van der Waals surface area (Å²) in [5.74, 6) is 0. The van der Waals surface area contributed by atoms with E-state index in [1.165, 1.54) is 4.88 Å². The Labute approximate surface area is 118 Å². The summed E-state index contributed by atoms with van der Waals surface area (Å²) < 4.78 is 5.65. The van der Waals surface area contributed by atoms with E-state index in [-0.39, 0.29) is 24.3 Å². The quantitative estimate of drug-likeness (QED) is 0.926. The van der Waals surface area contributed by atoms with E-state index in [1.54, 1.807) is 11.3 Å². The Morgan fingerprint density at radius 2 is 2.21 bits per heavy atom. The van der Waals surface area contributed by atoms with Gasteiger partial charge in [-0.3, -0.25) is 0 Å². The summed E-state index contributed by atoms with van der Waals surface area (Å²) >= 11 is 1.69. The molecule has 0 aromatic carbocycles. The van der Waals surface area contributed by atoms with Crippen molar-refractivity contribution in [3.63, 3.8) is 0 Å². The zero-order chi connectivity index (χ0) is 13.8. The normalized spacial score (nSPS) is 25.1. The molecule has 0 unspecified atom stereocenters. The highest BCUT2D eigenvalue weighted by Gasteiger charge is 2.27. The number of ether oxygens (including phenoxy) is 1. The van der Waals surface area contributed by atoms with Crippen molar-refractivity contribution in [1.82, 2.24) is 10.2 Å². The molecular formula is C14H22N2O2S. The fourth-order valence-corrected chi connectivity index (χ4v) is 3.31. The first-order valence-corrected chi connectivity index (χ1v) is 7.72. The number of urea groups is 1. The molecule has 2 heterocycles. The number of amides is 2. The molecule has 106 valence electrons. The molecule has 0 spiro atoms. The van der Waals surface area contributed by atoms with E-state index in [4.69, 9.17) is 4.74 Å². The van der Waals surface area contributed by atoms with E-state index in [0.717, 1.165) is 6.42 Å². The van der Waals surface area contributed by atoms with Crippen molar-refractivity contribution in [1.29, 1.82) is 0 Å². The average molecular weight is 282 g/mol. The van der Waals surface area contributed by atoms with Crippen LogP contribution in [0.5, 0.6) is 0 Å². The fraction of sp³-hybridized carbons (Fsp3) is 0.643. The van der Waals surface area contributed by atoms with Gasteiger partial charge >= 0.3 is 6.03 Å². The average Bonchev–Trinajstić information content (AvgIpc) is 2.88. The number of hydrogen-bond donors (Lipinski definition) is 1. The van der Waals surface area contributed by atoms with Crippen LogP contribution in [0.2, 0.25) is 0 Å². The highest BCUT2D eigenvalue weighted by atomic mass is 32.1. The molecule has 1 N–H and O–H groups in total. The molecule has 0 saturated carbocycles. The summed E-state index contributed by atoms with van der Waals surface area (Å²) in [6.07, 6.45) is 1.12. The zero-order valence-corrected chi connectivity index (χ0v) is 12.6. The minimum Gasteiger partial charge on any atom is -0.372 e. The molecule has 2 rings (SSSR count). The smallest absolute Gasteiger partial charge is 0.318 e. The molecule has 0 aliphatic carbocycles. The highest BCUT2D eigenvalue weighted by Crippen LogP contribution is 2.22. The molecular weight excluding hydrogens is 260 g/mol. The lowest BCUT2D eigenvalue weighted by atomic mass is 10.2. The monoisotopic (exact) mass is 282 g/mol. The van der Waals surface area contributed by atoms with Crippen molar-refractivity contribution in [2.45, 2.75) is 45.4 Å². The maximum atomic E-state index is 12.3. The second-order valence-electron chi connectivity index (χ2n) is 5.09. The summed E-state index contributed by atoms with van der Waals surface area (Å²) in [7, 11) is 0. The third-order valence-corrected chi connectivity index (χ3v) is 4.29. The molecule has 1 aromatic heterocycles. The molecule has 0 bridgehead atoms. The third kappa shape index (κ3) is 3.70. The van der Waals surface area contributed by atoms with Crippen LogP contribution in [0, 0.1) is 0 Å². The van der Waals surface area contributed by atoms with Crippen LogP contribution in [-0.4, -0.2) is 36.2 Å². The van der Waals surface area contributed by atoms with Crippen molar-refractivity contribution in [2.75, 3.05) is 13.1 Å². The number of nitrogens with one attached hydrogen (secondary N) is 1. The van der Waals surface area contributed by atoms with E-state index < -0.39 is 0 Å². The summed E-state index contributed by atoms with van der Waals surface area (Å²) in [6.45, 7) is 7.43. The Balaban J connectivity index is 1.96. The molecule has 1 aliphatic heterocycles. The Bertz CT molecular complexity index is 398. The standard InChI is InChI=1S/C14H22N2O2S/c1-4-12(13-6-5-7-19-13)15-14(17)16-8-10(2)18-11(3)9-16/h5-7,10-12H,4,8-9H2,1-3H3,(H,15,17)/t10-,11+,12-/m1/s1. The number of morpholine rings is 1. The topological polar surface area (TPSA) is 41.6 Å². The van der Waals surface area contributed by atoms with Crippen LogP contribution in [0.3, 0.4) is 0 Å². The zero-order valence-electron chi connectivity index (χ0n) is 11.8. The van der Waals surface area contributed by atoms with Crippen molar-refractivity contribution in [3.8, 4) is 0 Å². The third-order valence-electron chi connectivity index (χ3n) is 3.30. The molecule has 2 amide bonds. The summed E-state index contributed by atoms with van der Waals surface area (Å²) in [5.41, 5.74) is 0. The van der Waals surface area contributed by atoms with Gasteiger partial charge in [-0.2, -0.15) is 0 Å². The van der Waals surface area contributed by atoms with Crippen LogP contribution in [0.25, 0.3) is 0 Å². The molecule has 19 heavy (non-hydrogen) atoms. The lowest BCUT2D eigenvalue weighted by Gasteiger charge is -2.36. The van der Waals surface area contributed by atoms with Crippen LogP contribution in [0.15, 0.2) is 17.5 Å². The van der Waals surface area contributed by atoms with Gasteiger partial charge in [-0.1, -0.05) is 13.0 Å². The molecule has 1 aliphatic rings. The van der Waals surface area contributed by atoms with Crippen LogP contribution in [0.4, 0.5) is 4.79 Å². The minimum atomic E-state index is 0.0160. The number of thiophene rings is 1. The van der Waals surface area contributed by atoms with Gasteiger partial charge in [-0.05, 0) is 31.7 Å². The Morgan fingerprint density at radius 3 is 2.74 bits per heavy atom. The van der Waals surface area contributed by atoms with Crippen molar-refractivity contribution >= 4 is 17.4 Å². The van der Waals surface area contributed by atoms with E-state index in [1.807, 2.05) is 30.2 Å². The number of rotatable bonds is 3. The second-order valence-corrected chi connectivity index (χ2v) is 6.07. The van der Waals surface area contributed by atoms with Gasteiger partial charge in [0.25, 0.3) is 0 Å². The molecule has 1 fully saturated rings. The fourth-order valence-electron chi connectivity index (χ4n) is 2.45. The van der Waals surface area contributed by atoms with Crippen molar-refractivity contribution in [3.05, 3.63) is 22.4 Å². The Kier molecular flexibility index (Phi) is 4.82. The number of carbonyl (C=O) groups excluding carboxylic acids is 1. The predicted octanol–water partition coefficient (Wildman–Crippen LogP) is 3.02. The molecule has 1 saturated heterocycles. The molecule has 5 heteroatoms. The van der Waals surface area contributed by atoms with Gasteiger partial charge in [0, 0.05) is 18.0 Å². The number of carbonyl (C=O) groups is 1. The van der Waals surface area contributed by atoms with Gasteiger partial charge < -0.3 is 15.0 Å². The largest absolute Gasteiger partial charge is 0.372 e. The van der Waals surface area contributed by atoms with Gasteiger partial charge in [0.05, 0.1) is 18.2 Å². The van der Waals surface area contributed by atoms with Crippen LogP contribution >= 0.6 is 11.3 Å². The summed E-state index contributed by atoms with van der Waals surface area (Å²) in [6, 6.07) is 4.22. The van der Waals surface area contributed by atoms with E-state index in [9.17, 15) is 4.79 Å². The SMILES string of the molecule is CC[C@@H](NC(=O)N1C[C@@H](C)O[C@@H](C)C1)c1cccs1. The predicted molar refractivity (Wildman–Crippen MR) is 77.5 cm³/mol. The van der Waals surface area contributed by atoms with Gasteiger partial charge in [-0.25, -0.2) is 4.79 Å². The van der Waals surface area contributed by atoms with Crippen LogP contribution < -0.4 is 5.32 Å². The molecule has 3 atom stereocenters. The summed E-state index contributed by atoms with van der Waals surface area (Å²) in [4.78, 5) is 15.4. The molecule has 1 aromatic rings. The maximum Gasteiger partial charge on any atom is 0.318 e. The van der Waals surface area contributed by atoms with Gasteiger partial charge in [0.15, 0.2) is 0 Å². The van der Waals surface area contributed by atoms with Gasteiger partial charge in [0.1, 0.15) is 0 Å². The molecule has 0 radical (unpaired) electrons. The first kappa shape index (κ1) is 14.3. The van der Waals surface area contributed by atoms with Gasteiger partial charge in [-0.15, -0.1) is 11.3 Å². The lowest BCUT2D eigenvalue weighted by molar-refractivity contribution is -0.0547.